The highest BCUT2D eigenvalue weighted by atomic mass is 19.1. The van der Waals surface area contributed by atoms with Crippen LogP contribution in [-0.4, -0.2) is 31.1 Å². The highest BCUT2D eigenvalue weighted by Crippen LogP contribution is 2.16. The van der Waals surface area contributed by atoms with E-state index in [0.717, 1.165) is 32.0 Å². The van der Waals surface area contributed by atoms with Gasteiger partial charge in [-0.2, -0.15) is 0 Å². The van der Waals surface area contributed by atoms with Gasteiger partial charge in [0.25, 0.3) is 0 Å². The molecule has 1 heterocycles. The maximum absolute atomic E-state index is 13.5. The van der Waals surface area contributed by atoms with E-state index in [4.69, 9.17) is 0 Å². The molecule has 2 rings (SSSR count). The molecule has 94 valence electrons. The van der Waals surface area contributed by atoms with Gasteiger partial charge in [0.1, 0.15) is 11.6 Å². The Kier molecular flexibility index (Phi) is 4.07. The van der Waals surface area contributed by atoms with Crippen LogP contribution in [0.15, 0.2) is 18.2 Å². The van der Waals surface area contributed by atoms with Gasteiger partial charge >= 0.3 is 0 Å². The summed E-state index contributed by atoms with van der Waals surface area (Å²) in [6.45, 7) is 2.47. The third-order valence-corrected chi connectivity index (χ3v) is 3.36. The Morgan fingerprint density at radius 3 is 2.71 bits per heavy atom. The summed E-state index contributed by atoms with van der Waals surface area (Å²) in [5.41, 5.74) is 0.436. The van der Waals surface area contributed by atoms with Gasteiger partial charge in [-0.3, -0.25) is 4.90 Å². The van der Waals surface area contributed by atoms with Gasteiger partial charge in [-0.25, -0.2) is 8.78 Å². The summed E-state index contributed by atoms with van der Waals surface area (Å²) in [5.74, 6) is -0.702. The molecule has 1 aromatic carbocycles. The fourth-order valence-corrected chi connectivity index (χ4v) is 2.31. The van der Waals surface area contributed by atoms with Crippen LogP contribution < -0.4 is 5.32 Å². The fourth-order valence-electron chi connectivity index (χ4n) is 2.31. The van der Waals surface area contributed by atoms with Gasteiger partial charge in [-0.1, -0.05) is 0 Å². The van der Waals surface area contributed by atoms with Crippen molar-refractivity contribution in [3.05, 3.63) is 35.4 Å². The van der Waals surface area contributed by atoms with Crippen LogP contribution in [0.1, 0.15) is 18.4 Å². The Morgan fingerprint density at radius 2 is 2.00 bits per heavy atom. The molecule has 1 fully saturated rings. The number of piperidine rings is 1. The van der Waals surface area contributed by atoms with Crippen LogP contribution in [0, 0.1) is 11.6 Å². The van der Waals surface area contributed by atoms with E-state index in [2.05, 4.69) is 10.2 Å². The van der Waals surface area contributed by atoms with Crippen LogP contribution in [0.2, 0.25) is 0 Å². The third-order valence-electron chi connectivity index (χ3n) is 3.36. The number of rotatable bonds is 3. The molecule has 0 unspecified atom stereocenters. The minimum Gasteiger partial charge on any atom is -0.317 e. The van der Waals surface area contributed by atoms with E-state index < -0.39 is 0 Å². The molecule has 1 aliphatic rings. The summed E-state index contributed by atoms with van der Waals surface area (Å²) in [5, 5.41) is 3.29. The smallest absolute Gasteiger partial charge is 0.127 e. The SMILES string of the molecule is CN(Cc1cc(F)ccc1F)C1CCNCC1. The van der Waals surface area contributed by atoms with Gasteiger partial charge in [-0.05, 0) is 51.2 Å². The Hall–Kier alpha value is -1.00. The minimum atomic E-state index is -0.375. The number of halogens is 2. The molecular formula is C13H18F2N2. The zero-order valence-electron chi connectivity index (χ0n) is 10.0. The van der Waals surface area contributed by atoms with Crippen LogP contribution >= 0.6 is 0 Å². The van der Waals surface area contributed by atoms with Gasteiger partial charge in [0, 0.05) is 18.2 Å². The number of benzene rings is 1. The van der Waals surface area contributed by atoms with Gasteiger partial charge in [0.15, 0.2) is 0 Å². The Morgan fingerprint density at radius 1 is 1.29 bits per heavy atom. The summed E-state index contributed by atoms with van der Waals surface area (Å²) in [6.07, 6.45) is 2.13. The van der Waals surface area contributed by atoms with Crippen molar-refractivity contribution in [1.29, 1.82) is 0 Å². The summed E-state index contributed by atoms with van der Waals surface area (Å²) in [4.78, 5) is 2.11. The molecule has 0 amide bonds. The minimum absolute atomic E-state index is 0.327. The third kappa shape index (κ3) is 3.23. The average Bonchev–Trinajstić information content (AvgIpc) is 2.35. The first-order valence-corrected chi connectivity index (χ1v) is 6.01. The van der Waals surface area contributed by atoms with E-state index in [-0.39, 0.29) is 11.6 Å². The summed E-state index contributed by atoms with van der Waals surface area (Å²) < 4.78 is 26.5. The molecule has 0 radical (unpaired) electrons. The zero-order valence-corrected chi connectivity index (χ0v) is 10.0. The largest absolute Gasteiger partial charge is 0.317 e. The molecule has 0 bridgehead atoms. The molecule has 1 aromatic rings. The maximum atomic E-state index is 13.5. The number of hydrogen-bond donors (Lipinski definition) is 1. The van der Waals surface area contributed by atoms with E-state index in [1.807, 2.05) is 7.05 Å². The lowest BCUT2D eigenvalue weighted by Gasteiger charge is -2.31. The van der Waals surface area contributed by atoms with Crippen molar-refractivity contribution < 1.29 is 8.78 Å². The van der Waals surface area contributed by atoms with Crippen molar-refractivity contribution in [3.63, 3.8) is 0 Å². The fraction of sp³-hybridized carbons (Fsp3) is 0.538. The molecular weight excluding hydrogens is 222 g/mol. The first-order valence-electron chi connectivity index (χ1n) is 6.01. The lowest BCUT2D eigenvalue weighted by Crippen LogP contribution is -2.40. The summed E-state index contributed by atoms with van der Waals surface area (Å²) in [6, 6.07) is 4.09. The zero-order chi connectivity index (χ0) is 12.3. The molecule has 2 nitrogen and oxygen atoms in total. The van der Waals surface area contributed by atoms with Gasteiger partial charge in [0.2, 0.25) is 0 Å². The predicted molar refractivity (Wildman–Crippen MR) is 63.7 cm³/mol. The number of nitrogens with zero attached hydrogens (tertiary/aromatic N) is 1. The Bertz CT molecular complexity index is 376. The number of nitrogens with one attached hydrogen (secondary N) is 1. The molecule has 0 aliphatic carbocycles. The van der Waals surface area contributed by atoms with Crippen molar-refractivity contribution in [2.24, 2.45) is 0 Å². The molecule has 4 heteroatoms. The van der Waals surface area contributed by atoms with E-state index in [9.17, 15) is 8.78 Å². The maximum Gasteiger partial charge on any atom is 0.127 e. The van der Waals surface area contributed by atoms with Crippen molar-refractivity contribution in [1.82, 2.24) is 10.2 Å². The average molecular weight is 240 g/mol. The highest BCUT2D eigenvalue weighted by Gasteiger charge is 2.18. The van der Waals surface area contributed by atoms with E-state index in [0.29, 0.717) is 18.2 Å². The van der Waals surface area contributed by atoms with Crippen LogP contribution in [0.4, 0.5) is 8.78 Å². The van der Waals surface area contributed by atoms with Crippen LogP contribution in [0.25, 0.3) is 0 Å². The lowest BCUT2D eigenvalue weighted by molar-refractivity contribution is 0.189. The molecule has 17 heavy (non-hydrogen) atoms. The standard InChI is InChI=1S/C13H18F2N2/c1-17(12-4-6-16-7-5-12)9-10-8-11(14)2-3-13(10)15/h2-3,8,12,16H,4-7,9H2,1H3. The van der Waals surface area contributed by atoms with Crippen LogP contribution in [0.5, 0.6) is 0 Å². The first-order chi connectivity index (χ1) is 8.16. The Balaban J connectivity index is 2.01. The van der Waals surface area contributed by atoms with Gasteiger partial charge in [0.05, 0.1) is 0 Å². The molecule has 0 spiro atoms. The first kappa shape index (κ1) is 12.5. The molecule has 1 saturated heterocycles. The quantitative estimate of drug-likeness (QED) is 0.871. The van der Waals surface area contributed by atoms with E-state index in [1.165, 1.54) is 12.1 Å². The molecule has 1 N–H and O–H groups in total. The van der Waals surface area contributed by atoms with Crippen molar-refractivity contribution in [3.8, 4) is 0 Å². The van der Waals surface area contributed by atoms with Crippen molar-refractivity contribution in [2.75, 3.05) is 20.1 Å². The monoisotopic (exact) mass is 240 g/mol. The topological polar surface area (TPSA) is 15.3 Å². The highest BCUT2D eigenvalue weighted by molar-refractivity contribution is 5.18. The van der Waals surface area contributed by atoms with E-state index in [1.54, 1.807) is 0 Å². The Labute approximate surface area is 101 Å². The van der Waals surface area contributed by atoms with Crippen molar-refractivity contribution >= 4 is 0 Å². The molecule has 1 aliphatic heterocycles. The second-order valence-electron chi connectivity index (χ2n) is 4.63. The molecule has 0 saturated carbocycles. The summed E-state index contributed by atoms with van der Waals surface area (Å²) >= 11 is 0. The van der Waals surface area contributed by atoms with Gasteiger partial charge in [-0.15, -0.1) is 0 Å². The second kappa shape index (κ2) is 5.56. The molecule has 0 atom stereocenters. The normalized spacial score (nSPS) is 17.6. The van der Waals surface area contributed by atoms with Crippen molar-refractivity contribution in [2.45, 2.75) is 25.4 Å². The van der Waals surface area contributed by atoms with Crippen LogP contribution in [0.3, 0.4) is 0 Å². The number of hydrogen-bond acceptors (Lipinski definition) is 2. The summed E-state index contributed by atoms with van der Waals surface area (Å²) in [7, 11) is 1.97. The molecule has 0 aromatic heterocycles. The van der Waals surface area contributed by atoms with Crippen LogP contribution in [-0.2, 0) is 6.54 Å². The predicted octanol–water partition coefficient (Wildman–Crippen LogP) is 2.15. The lowest BCUT2D eigenvalue weighted by atomic mass is 10.0. The van der Waals surface area contributed by atoms with Gasteiger partial charge < -0.3 is 5.32 Å². The van der Waals surface area contributed by atoms with E-state index >= 15 is 0 Å². The second-order valence-corrected chi connectivity index (χ2v) is 4.63.